The zero-order valence-electron chi connectivity index (χ0n) is 12.6. The summed E-state index contributed by atoms with van der Waals surface area (Å²) in [5.74, 6) is 0.727. The lowest BCUT2D eigenvalue weighted by atomic mass is 10.0. The van der Waals surface area contributed by atoms with E-state index in [2.05, 4.69) is 29.6 Å². The molecule has 3 rings (SSSR count). The van der Waals surface area contributed by atoms with Gasteiger partial charge in [0.05, 0.1) is 12.1 Å². The highest BCUT2D eigenvalue weighted by atomic mass is 16.3. The second-order valence-corrected chi connectivity index (χ2v) is 6.36. The van der Waals surface area contributed by atoms with Crippen molar-refractivity contribution >= 4 is 6.03 Å². The van der Waals surface area contributed by atoms with Crippen LogP contribution in [0.4, 0.5) is 4.79 Å². The largest absolute Gasteiger partial charge is 0.391 e. The molecule has 0 aromatic heterocycles. The Hall–Kier alpha value is -1.55. The molecule has 2 atom stereocenters. The number of hydrogen-bond donors (Lipinski definition) is 2. The highest BCUT2D eigenvalue weighted by Gasteiger charge is 2.25. The Bertz CT molecular complexity index is 513. The molecule has 1 aromatic rings. The summed E-state index contributed by atoms with van der Waals surface area (Å²) < 4.78 is 0. The van der Waals surface area contributed by atoms with E-state index in [4.69, 9.17) is 0 Å². The molecule has 2 aliphatic rings. The zero-order valence-corrected chi connectivity index (χ0v) is 12.6. The second-order valence-electron chi connectivity index (χ2n) is 6.36. The Morgan fingerprint density at radius 1 is 1.38 bits per heavy atom. The molecular formula is C17H24N2O2. The van der Waals surface area contributed by atoms with Crippen molar-refractivity contribution in [3.05, 3.63) is 35.4 Å². The molecule has 4 nitrogen and oxygen atoms in total. The fourth-order valence-corrected chi connectivity index (χ4v) is 3.00. The number of carbonyl (C=O) groups is 1. The topological polar surface area (TPSA) is 52.6 Å². The fourth-order valence-electron chi connectivity index (χ4n) is 3.00. The van der Waals surface area contributed by atoms with Gasteiger partial charge in [-0.05, 0) is 49.7 Å². The van der Waals surface area contributed by atoms with Crippen molar-refractivity contribution in [2.75, 3.05) is 13.1 Å². The number of likely N-dealkylation sites (tertiary alicyclic amines) is 1. The van der Waals surface area contributed by atoms with E-state index in [-0.39, 0.29) is 18.2 Å². The minimum absolute atomic E-state index is 0.00438. The van der Waals surface area contributed by atoms with Gasteiger partial charge in [-0.15, -0.1) is 0 Å². The number of urea groups is 1. The predicted octanol–water partition coefficient (Wildman–Crippen LogP) is 2.79. The molecule has 1 heterocycles. The minimum atomic E-state index is -0.377. The van der Waals surface area contributed by atoms with Crippen LogP contribution >= 0.6 is 0 Å². The van der Waals surface area contributed by atoms with E-state index in [9.17, 15) is 9.90 Å². The molecule has 1 aromatic carbocycles. The van der Waals surface area contributed by atoms with Crippen LogP contribution in [-0.4, -0.2) is 35.2 Å². The molecule has 1 saturated heterocycles. The van der Waals surface area contributed by atoms with E-state index in [0.29, 0.717) is 6.54 Å². The molecule has 21 heavy (non-hydrogen) atoms. The highest BCUT2D eigenvalue weighted by molar-refractivity contribution is 5.74. The van der Waals surface area contributed by atoms with E-state index in [0.717, 1.165) is 30.9 Å². The first-order valence-electron chi connectivity index (χ1n) is 7.97. The number of aliphatic hydroxyl groups excluding tert-OH is 1. The van der Waals surface area contributed by atoms with Gasteiger partial charge < -0.3 is 15.3 Å². The average molecular weight is 288 g/mol. The number of hydrogen-bond acceptors (Lipinski definition) is 2. The molecule has 1 aliphatic heterocycles. The third-order valence-electron chi connectivity index (χ3n) is 4.48. The highest BCUT2D eigenvalue weighted by Crippen LogP contribution is 2.40. The molecule has 4 heteroatoms. The first kappa shape index (κ1) is 14.4. The summed E-state index contributed by atoms with van der Waals surface area (Å²) in [6.45, 7) is 3.20. The fraction of sp³-hybridized carbons (Fsp3) is 0.588. The van der Waals surface area contributed by atoms with Gasteiger partial charge in [-0.2, -0.15) is 0 Å². The zero-order chi connectivity index (χ0) is 14.8. The van der Waals surface area contributed by atoms with Crippen molar-refractivity contribution in [3.8, 4) is 0 Å². The maximum Gasteiger partial charge on any atom is 0.317 e. The van der Waals surface area contributed by atoms with Gasteiger partial charge in [0, 0.05) is 13.1 Å². The normalized spacial score (nSPS) is 23.7. The quantitative estimate of drug-likeness (QED) is 0.898. The van der Waals surface area contributed by atoms with Crippen molar-refractivity contribution in [1.82, 2.24) is 10.2 Å². The molecule has 1 aliphatic carbocycles. The van der Waals surface area contributed by atoms with Gasteiger partial charge in [0.25, 0.3) is 0 Å². The Kier molecular flexibility index (Phi) is 4.15. The summed E-state index contributed by atoms with van der Waals surface area (Å²) >= 11 is 0. The predicted molar refractivity (Wildman–Crippen MR) is 82.2 cm³/mol. The Morgan fingerprint density at radius 3 is 2.90 bits per heavy atom. The van der Waals surface area contributed by atoms with Crippen molar-refractivity contribution < 1.29 is 9.90 Å². The number of nitrogens with one attached hydrogen (secondary N) is 1. The molecule has 1 saturated carbocycles. The number of β-amino-alcohol motifs (C(OH)–C–C–N with tert-alkyl or cyclic N) is 1. The van der Waals surface area contributed by atoms with Crippen molar-refractivity contribution in [2.45, 2.75) is 50.7 Å². The van der Waals surface area contributed by atoms with Crippen LogP contribution in [0.2, 0.25) is 0 Å². The maximum atomic E-state index is 12.3. The molecule has 2 fully saturated rings. The van der Waals surface area contributed by atoms with E-state index >= 15 is 0 Å². The maximum absolute atomic E-state index is 12.3. The van der Waals surface area contributed by atoms with Crippen molar-refractivity contribution in [1.29, 1.82) is 0 Å². The molecule has 1 unspecified atom stereocenters. The Balaban J connectivity index is 1.61. The number of piperidine rings is 1. The van der Waals surface area contributed by atoms with E-state index in [1.807, 2.05) is 6.92 Å². The average Bonchev–Trinajstić information content (AvgIpc) is 3.32. The minimum Gasteiger partial charge on any atom is -0.391 e. The van der Waals surface area contributed by atoms with Crippen LogP contribution in [0.15, 0.2) is 24.3 Å². The lowest BCUT2D eigenvalue weighted by Gasteiger charge is -2.31. The van der Waals surface area contributed by atoms with Crippen molar-refractivity contribution in [3.63, 3.8) is 0 Å². The van der Waals surface area contributed by atoms with Crippen LogP contribution in [0.5, 0.6) is 0 Å². The van der Waals surface area contributed by atoms with E-state index < -0.39 is 0 Å². The third-order valence-corrected chi connectivity index (χ3v) is 4.48. The monoisotopic (exact) mass is 288 g/mol. The third kappa shape index (κ3) is 3.56. The first-order valence-corrected chi connectivity index (χ1v) is 7.97. The molecular weight excluding hydrogens is 264 g/mol. The Labute approximate surface area is 126 Å². The summed E-state index contributed by atoms with van der Waals surface area (Å²) in [6.07, 6.45) is 3.87. The van der Waals surface area contributed by atoms with E-state index in [1.165, 1.54) is 18.4 Å². The van der Waals surface area contributed by atoms with Crippen LogP contribution in [0.3, 0.4) is 0 Å². The van der Waals surface area contributed by atoms with Gasteiger partial charge in [0.2, 0.25) is 0 Å². The van der Waals surface area contributed by atoms with Crippen LogP contribution < -0.4 is 5.32 Å². The number of carbonyl (C=O) groups excluding carboxylic acids is 1. The van der Waals surface area contributed by atoms with Crippen molar-refractivity contribution in [2.24, 2.45) is 0 Å². The summed E-state index contributed by atoms with van der Waals surface area (Å²) in [6, 6.07) is 8.47. The molecule has 0 radical (unpaired) electrons. The molecule has 2 amide bonds. The van der Waals surface area contributed by atoms with Gasteiger partial charge in [0.1, 0.15) is 0 Å². The standard InChI is InChI=1S/C17H24N2O2/c1-12(14-4-2-5-15(10-14)13-7-8-13)18-17(21)19-9-3-6-16(20)11-19/h2,4-5,10,12-13,16,20H,3,6-9,11H2,1H3,(H,18,21)/t12?,16-/m0/s1. The molecule has 114 valence electrons. The first-order chi connectivity index (χ1) is 10.1. The van der Waals surface area contributed by atoms with Crippen LogP contribution in [-0.2, 0) is 0 Å². The molecule has 0 bridgehead atoms. The van der Waals surface area contributed by atoms with Crippen LogP contribution in [0, 0.1) is 0 Å². The lowest BCUT2D eigenvalue weighted by molar-refractivity contribution is 0.0835. The number of rotatable bonds is 3. The van der Waals surface area contributed by atoms with Gasteiger partial charge >= 0.3 is 6.03 Å². The summed E-state index contributed by atoms with van der Waals surface area (Å²) in [5.41, 5.74) is 2.55. The lowest BCUT2D eigenvalue weighted by Crippen LogP contribution is -2.47. The summed E-state index contributed by atoms with van der Waals surface area (Å²) in [5, 5.41) is 12.7. The smallest absolute Gasteiger partial charge is 0.317 e. The van der Waals surface area contributed by atoms with Gasteiger partial charge in [0.15, 0.2) is 0 Å². The van der Waals surface area contributed by atoms with Crippen LogP contribution in [0.1, 0.15) is 55.7 Å². The number of amides is 2. The SMILES string of the molecule is CC(NC(=O)N1CCC[C@H](O)C1)c1cccc(C2CC2)c1. The Morgan fingerprint density at radius 2 is 2.19 bits per heavy atom. The summed E-state index contributed by atoms with van der Waals surface area (Å²) in [7, 11) is 0. The molecule has 2 N–H and O–H groups in total. The van der Waals surface area contributed by atoms with E-state index in [1.54, 1.807) is 4.90 Å². The molecule has 0 spiro atoms. The van der Waals surface area contributed by atoms with Gasteiger partial charge in [-0.25, -0.2) is 4.79 Å². The number of benzene rings is 1. The van der Waals surface area contributed by atoms with Gasteiger partial charge in [-0.1, -0.05) is 24.3 Å². The van der Waals surface area contributed by atoms with Crippen LogP contribution in [0.25, 0.3) is 0 Å². The second kappa shape index (κ2) is 6.06. The van der Waals surface area contributed by atoms with Gasteiger partial charge in [-0.3, -0.25) is 0 Å². The number of aliphatic hydroxyl groups is 1. The summed E-state index contributed by atoms with van der Waals surface area (Å²) in [4.78, 5) is 14.0. The number of nitrogens with zero attached hydrogens (tertiary/aromatic N) is 1.